The van der Waals surface area contributed by atoms with Crippen LogP contribution >= 0.6 is 0 Å². The molecule has 1 saturated heterocycles. The second kappa shape index (κ2) is 6.55. The van der Waals surface area contributed by atoms with Crippen LogP contribution < -0.4 is 10.6 Å². The highest BCUT2D eigenvalue weighted by Gasteiger charge is 2.19. The Kier molecular flexibility index (Phi) is 4.76. The molecular weight excluding hydrogens is 224 g/mol. The lowest BCUT2D eigenvalue weighted by atomic mass is 10.0. The molecule has 2 atom stereocenters. The average Bonchev–Trinajstić information content (AvgIpc) is 2.38. The van der Waals surface area contributed by atoms with E-state index in [1.54, 1.807) is 0 Å². The maximum Gasteiger partial charge on any atom is 0.220 e. The van der Waals surface area contributed by atoms with E-state index in [-0.39, 0.29) is 5.91 Å². The number of piperidine rings is 1. The van der Waals surface area contributed by atoms with E-state index >= 15 is 0 Å². The molecule has 0 spiro atoms. The maximum absolute atomic E-state index is 11.9. The Bertz CT molecular complexity index is 377. The van der Waals surface area contributed by atoms with Gasteiger partial charge in [-0.3, -0.25) is 4.79 Å². The van der Waals surface area contributed by atoms with Crippen LogP contribution in [0.2, 0.25) is 0 Å². The first kappa shape index (κ1) is 13.1. The third-order valence-corrected chi connectivity index (χ3v) is 3.47. The van der Waals surface area contributed by atoms with Crippen LogP contribution in [-0.2, 0) is 11.2 Å². The molecule has 0 aliphatic carbocycles. The molecule has 0 saturated carbocycles. The third kappa shape index (κ3) is 4.15. The topological polar surface area (TPSA) is 41.1 Å². The van der Waals surface area contributed by atoms with E-state index in [2.05, 4.69) is 29.7 Å². The molecule has 2 rings (SSSR count). The molecule has 3 heteroatoms. The van der Waals surface area contributed by atoms with Gasteiger partial charge in [0.1, 0.15) is 0 Å². The summed E-state index contributed by atoms with van der Waals surface area (Å²) in [5.74, 6) is 0.179. The van der Waals surface area contributed by atoms with Crippen molar-refractivity contribution in [2.45, 2.75) is 44.7 Å². The summed E-state index contributed by atoms with van der Waals surface area (Å²) in [4.78, 5) is 11.9. The van der Waals surface area contributed by atoms with Crippen LogP contribution in [0.3, 0.4) is 0 Å². The minimum absolute atomic E-state index is 0.179. The molecule has 1 heterocycles. The van der Waals surface area contributed by atoms with Crippen molar-refractivity contribution in [3.63, 3.8) is 0 Å². The molecule has 1 aliphatic heterocycles. The Morgan fingerprint density at radius 2 is 2.17 bits per heavy atom. The number of carbonyl (C=O) groups excluding carboxylic acids is 1. The first-order valence-electron chi connectivity index (χ1n) is 6.80. The summed E-state index contributed by atoms with van der Waals surface area (Å²) >= 11 is 0. The maximum atomic E-state index is 11.9. The van der Waals surface area contributed by atoms with E-state index < -0.39 is 0 Å². The monoisotopic (exact) mass is 246 g/mol. The Labute approximate surface area is 109 Å². The van der Waals surface area contributed by atoms with Crippen LogP contribution in [0.5, 0.6) is 0 Å². The first-order chi connectivity index (χ1) is 8.74. The number of amides is 1. The van der Waals surface area contributed by atoms with Gasteiger partial charge in [-0.05, 0) is 38.3 Å². The van der Waals surface area contributed by atoms with Gasteiger partial charge < -0.3 is 10.6 Å². The molecule has 1 fully saturated rings. The Hall–Kier alpha value is -1.35. The standard InChI is InChI=1S/C15H22N2O/c1-12-11-14(9-10-16-12)17-15(18)8-7-13-5-3-2-4-6-13/h2-6,12,14,16H,7-11H2,1H3,(H,17,18). The Morgan fingerprint density at radius 3 is 2.89 bits per heavy atom. The predicted molar refractivity (Wildman–Crippen MR) is 73.4 cm³/mol. The molecule has 0 bridgehead atoms. The lowest BCUT2D eigenvalue weighted by molar-refractivity contribution is -0.122. The summed E-state index contributed by atoms with van der Waals surface area (Å²) in [6.07, 6.45) is 3.49. The molecule has 2 unspecified atom stereocenters. The van der Waals surface area contributed by atoms with Gasteiger partial charge in [-0.1, -0.05) is 30.3 Å². The van der Waals surface area contributed by atoms with Gasteiger partial charge in [0.05, 0.1) is 0 Å². The fourth-order valence-corrected chi connectivity index (χ4v) is 2.47. The number of rotatable bonds is 4. The van der Waals surface area contributed by atoms with Gasteiger partial charge in [-0.25, -0.2) is 0 Å². The largest absolute Gasteiger partial charge is 0.353 e. The second-order valence-corrected chi connectivity index (χ2v) is 5.13. The van der Waals surface area contributed by atoms with Gasteiger partial charge in [0, 0.05) is 18.5 Å². The average molecular weight is 246 g/mol. The number of carbonyl (C=O) groups is 1. The molecule has 1 aromatic carbocycles. The van der Waals surface area contributed by atoms with Crippen molar-refractivity contribution in [1.82, 2.24) is 10.6 Å². The summed E-state index contributed by atoms with van der Waals surface area (Å²) in [6, 6.07) is 11.0. The van der Waals surface area contributed by atoms with Gasteiger partial charge in [0.15, 0.2) is 0 Å². The number of benzene rings is 1. The van der Waals surface area contributed by atoms with Crippen LogP contribution in [0.1, 0.15) is 31.7 Å². The van der Waals surface area contributed by atoms with Gasteiger partial charge in [0.25, 0.3) is 0 Å². The number of nitrogens with one attached hydrogen (secondary N) is 2. The summed E-state index contributed by atoms with van der Waals surface area (Å²) in [5, 5.41) is 6.53. The van der Waals surface area contributed by atoms with Gasteiger partial charge in [0.2, 0.25) is 5.91 Å². The molecule has 0 radical (unpaired) electrons. The van der Waals surface area contributed by atoms with E-state index in [0.29, 0.717) is 18.5 Å². The summed E-state index contributed by atoms with van der Waals surface area (Å²) in [5.41, 5.74) is 1.23. The van der Waals surface area contributed by atoms with Gasteiger partial charge in [-0.15, -0.1) is 0 Å². The zero-order chi connectivity index (χ0) is 12.8. The van der Waals surface area contributed by atoms with Crippen molar-refractivity contribution >= 4 is 5.91 Å². The minimum atomic E-state index is 0.179. The van der Waals surface area contributed by atoms with Crippen molar-refractivity contribution in [3.05, 3.63) is 35.9 Å². The number of hydrogen-bond acceptors (Lipinski definition) is 2. The molecule has 1 amide bonds. The van der Waals surface area contributed by atoms with E-state index in [4.69, 9.17) is 0 Å². The molecular formula is C15H22N2O. The number of hydrogen-bond donors (Lipinski definition) is 2. The zero-order valence-electron chi connectivity index (χ0n) is 11.0. The summed E-state index contributed by atoms with van der Waals surface area (Å²) in [7, 11) is 0. The molecule has 1 aliphatic rings. The van der Waals surface area contributed by atoms with E-state index in [1.807, 2.05) is 18.2 Å². The second-order valence-electron chi connectivity index (χ2n) is 5.13. The molecule has 3 nitrogen and oxygen atoms in total. The molecule has 1 aromatic rings. The molecule has 98 valence electrons. The highest BCUT2D eigenvalue weighted by atomic mass is 16.1. The fraction of sp³-hybridized carbons (Fsp3) is 0.533. The third-order valence-electron chi connectivity index (χ3n) is 3.47. The Balaban J connectivity index is 1.72. The van der Waals surface area contributed by atoms with Crippen LogP contribution in [0.25, 0.3) is 0 Å². The van der Waals surface area contributed by atoms with Crippen LogP contribution in [0.4, 0.5) is 0 Å². The fourth-order valence-electron chi connectivity index (χ4n) is 2.47. The lowest BCUT2D eigenvalue weighted by Gasteiger charge is -2.28. The van der Waals surface area contributed by atoms with Crippen molar-refractivity contribution < 1.29 is 4.79 Å². The highest BCUT2D eigenvalue weighted by molar-refractivity contribution is 5.76. The van der Waals surface area contributed by atoms with Crippen LogP contribution in [0, 0.1) is 0 Å². The number of aryl methyl sites for hydroxylation is 1. The van der Waals surface area contributed by atoms with Crippen molar-refractivity contribution in [1.29, 1.82) is 0 Å². The Morgan fingerprint density at radius 1 is 1.39 bits per heavy atom. The van der Waals surface area contributed by atoms with Crippen LogP contribution in [-0.4, -0.2) is 24.5 Å². The lowest BCUT2D eigenvalue weighted by Crippen LogP contribution is -2.46. The van der Waals surface area contributed by atoms with E-state index in [9.17, 15) is 4.79 Å². The summed E-state index contributed by atoms with van der Waals surface area (Å²) < 4.78 is 0. The first-order valence-corrected chi connectivity index (χ1v) is 6.80. The van der Waals surface area contributed by atoms with Crippen molar-refractivity contribution in [2.24, 2.45) is 0 Å². The van der Waals surface area contributed by atoms with Gasteiger partial charge >= 0.3 is 0 Å². The van der Waals surface area contributed by atoms with Crippen molar-refractivity contribution in [3.8, 4) is 0 Å². The quantitative estimate of drug-likeness (QED) is 0.851. The SMILES string of the molecule is CC1CC(NC(=O)CCc2ccccc2)CCN1. The normalized spacial score (nSPS) is 23.6. The molecule has 18 heavy (non-hydrogen) atoms. The van der Waals surface area contributed by atoms with Crippen molar-refractivity contribution in [2.75, 3.05) is 6.54 Å². The molecule has 2 N–H and O–H groups in total. The van der Waals surface area contributed by atoms with Crippen LogP contribution in [0.15, 0.2) is 30.3 Å². The highest BCUT2D eigenvalue weighted by Crippen LogP contribution is 2.09. The summed E-state index contributed by atoms with van der Waals surface area (Å²) in [6.45, 7) is 3.17. The predicted octanol–water partition coefficient (Wildman–Crippen LogP) is 1.88. The molecule has 0 aromatic heterocycles. The smallest absolute Gasteiger partial charge is 0.220 e. The van der Waals surface area contributed by atoms with Gasteiger partial charge in [-0.2, -0.15) is 0 Å². The zero-order valence-corrected chi connectivity index (χ0v) is 11.0. The van der Waals surface area contributed by atoms with E-state index in [0.717, 1.165) is 25.8 Å². The van der Waals surface area contributed by atoms with E-state index in [1.165, 1.54) is 5.56 Å². The minimum Gasteiger partial charge on any atom is -0.353 e.